The molecule has 0 atom stereocenters. The molecule has 0 saturated carbocycles. The van der Waals surface area contributed by atoms with Crippen molar-refractivity contribution in [1.29, 1.82) is 0 Å². The van der Waals surface area contributed by atoms with Crippen LogP contribution >= 0.6 is 0 Å². The summed E-state index contributed by atoms with van der Waals surface area (Å²) in [7, 11) is 0. The Morgan fingerprint density at radius 3 is 0.850 bits per heavy atom. The Morgan fingerprint density at radius 1 is 0.800 bits per heavy atom. The van der Waals surface area contributed by atoms with Crippen LogP contribution in [0.4, 0.5) is 0 Å². The van der Waals surface area contributed by atoms with E-state index in [1.807, 2.05) is 0 Å². The minimum atomic E-state index is -1.23. The number of carbonyl (C=O) groups excluding carboxylic acids is 3. The second kappa shape index (κ2) is 17.4. The number of rotatable bonds is 3. The topological polar surface area (TPSA) is 120 Å². The van der Waals surface area contributed by atoms with Gasteiger partial charge in [0.2, 0.25) is 0 Å². The molecule has 0 heterocycles. The quantitative estimate of drug-likeness (QED) is 0.413. The second-order valence-electron chi connectivity index (χ2n) is 3.82. The first kappa shape index (κ1) is 26.9. The summed E-state index contributed by atoms with van der Waals surface area (Å²) in [5, 5.41) is 27.4. The first-order chi connectivity index (χ1) is 8.81. The third-order valence-corrected chi connectivity index (χ3v) is 0.500. The zero-order valence-electron chi connectivity index (χ0n) is 11.8. The van der Waals surface area contributed by atoms with Gasteiger partial charge in [0.25, 0.3) is 0 Å². The molecule has 20 heavy (non-hydrogen) atoms. The van der Waals surface area contributed by atoms with Gasteiger partial charge in [0.15, 0.2) is 0 Å². The van der Waals surface area contributed by atoms with Gasteiger partial charge >= 0.3 is 46.7 Å². The molecule has 0 amide bonds. The summed E-state index contributed by atoms with van der Waals surface area (Å²) < 4.78 is 0.590. The van der Waals surface area contributed by atoms with Gasteiger partial charge in [-0.15, -0.1) is 0 Å². The number of hydrogen-bond donors (Lipinski definition) is 0. The van der Waals surface area contributed by atoms with Crippen LogP contribution in [0.15, 0.2) is 38.0 Å². The number of carbonyl (C=O) groups is 3. The zero-order chi connectivity index (χ0) is 17.4. The van der Waals surface area contributed by atoms with Crippen molar-refractivity contribution in [2.75, 3.05) is 0 Å². The van der Waals surface area contributed by atoms with Gasteiger partial charge in [-0.05, 0) is 18.2 Å². The molecule has 0 N–H and O–H groups in total. The third-order valence-electron chi connectivity index (χ3n) is 0.500. The van der Waals surface area contributed by atoms with Gasteiger partial charge in [-0.1, -0.05) is 19.7 Å². The SMILES string of the molecule is C=CC(=O)[O-].C=CC(=O)[O-].C=CC(=O)[O-].C[C](C)(C)[Sn+3]. The van der Waals surface area contributed by atoms with Gasteiger partial charge < -0.3 is 29.7 Å². The summed E-state index contributed by atoms with van der Waals surface area (Å²) in [6.45, 7) is 15.4. The Kier molecular flexibility index (Phi) is 23.4. The van der Waals surface area contributed by atoms with Gasteiger partial charge in [-0.3, -0.25) is 0 Å². The molecule has 110 valence electrons. The molecule has 0 aliphatic carbocycles. The molecule has 0 aromatic rings. The summed E-state index contributed by atoms with van der Waals surface area (Å²) in [6.07, 6.45) is 2.17. The maximum atomic E-state index is 9.14. The summed E-state index contributed by atoms with van der Waals surface area (Å²) in [5.41, 5.74) is 0. The van der Waals surface area contributed by atoms with Crippen molar-refractivity contribution in [2.24, 2.45) is 0 Å². The molecule has 0 radical (unpaired) electrons. The van der Waals surface area contributed by atoms with Crippen LogP contribution in [0.2, 0.25) is 3.43 Å². The predicted octanol–water partition coefficient (Wildman–Crippen LogP) is -1.86. The van der Waals surface area contributed by atoms with E-state index in [2.05, 4.69) is 40.5 Å². The average Bonchev–Trinajstić information content (AvgIpc) is 2.28. The molecule has 0 bridgehead atoms. The van der Waals surface area contributed by atoms with E-state index in [0.29, 0.717) is 3.43 Å². The Balaban J connectivity index is -0.0000000853. The average molecular weight is 389 g/mol. The number of hydrogen-bond acceptors (Lipinski definition) is 6. The predicted molar refractivity (Wildman–Crippen MR) is 71.1 cm³/mol. The first-order valence-electron chi connectivity index (χ1n) is 5.07. The molecule has 0 fully saturated rings. The van der Waals surface area contributed by atoms with Crippen molar-refractivity contribution in [3.05, 3.63) is 38.0 Å². The monoisotopic (exact) mass is 390 g/mol. The van der Waals surface area contributed by atoms with E-state index >= 15 is 0 Å². The van der Waals surface area contributed by atoms with Gasteiger partial charge in [0, 0.05) is 0 Å². The fourth-order valence-corrected chi connectivity index (χ4v) is 0. The maximum absolute atomic E-state index is 9.14. The molecule has 0 aromatic carbocycles. The second-order valence-corrected chi connectivity index (χ2v) is 8.10. The number of carboxylic acid groups (broad SMARTS) is 3. The van der Waals surface area contributed by atoms with E-state index in [0.717, 1.165) is 18.2 Å². The molecule has 0 saturated heterocycles. The Labute approximate surface area is 132 Å². The Bertz CT molecular complexity index is 279. The van der Waals surface area contributed by atoms with E-state index in [9.17, 15) is 0 Å². The van der Waals surface area contributed by atoms with Crippen molar-refractivity contribution < 1.29 is 29.7 Å². The molecule has 0 aliphatic rings. The van der Waals surface area contributed by atoms with Crippen molar-refractivity contribution in [1.82, 2.24) is 0 Å². The van der Waals surface area contributed by atoms with Crippen molar-refractivity contribution in [3.8, 4) is 0 Å². The van der Waals surface area contributed by atoms with Crippen LogP contribution in [0.3, 0.4) is 0 Å². The van der Waals surface area contributed by atoms with Crippen LogP contribution in [0, 0.1) is 0 Å². The normalized spacial score (nSPS) is 7.85. The van der Waals surface area contributed by atoms with E-state index in [4.69, 9.17) is 29.7 Å². The number of aliphatic carboxylic acids is 3. The number of carboxylic acids is 3. The van der Waals surface area contributed by atoms with Crippen LogP contribution in [-0.4, -0.2) is 40.4 Å². The molecule has 6 nitrogen and oxygen atoms in total. The molecule has 0 aromatic heterocycles. The van der Waals surface area contributed by atoms with E-state index in [1.54, 1.807) is 22.5 Å². The fraction of sp³-hybridized carbons (Fsp3) is 0.308. The van der Waals surface area contributed by atoms with Gasteiger partial charge in [-0.25, -0.2) is 0 Å². The van der Waals surface area contributed by atoms with E-state index in [1.165, 1.54) is 0 Å². The third kappa shape index (κ3) is 199. The summed E-state index contributed by atoms with van der Waals surface area (Å²) in [4.78, 5) is 27.4. The van der Waals surface area contributed by atoms with Crippen LogP contribution in [0.25, 0.3) is 0 Å². The molecular weight excluding hydrogens is 371 g/mol. The zero-order valence-corrected chi connectivity index (χ0v) is 14.7. The van der Waals surface area contributed by atoms with Gasteiger partial charge in [0.1, 0.15) is 0 Å². The van der Waals surface area contributed by atoms with E-state index < -0.39 is 17.9 Å². The van der Waals surface area contributed by atoms with Crippen LogP contribution < -0.4 is 15.3 Å². The van der Waals surface area contributed by atoms with Crippen molar-refractivity contribution >= 4 is 40.4 Å². The molecule has 0 unspecified atom stereocenters. The van der Waals surface area contributed by atoms with Crippen LogP contribution in [0.5, 0.6) is 0 Å². The first-order valence-corrected chi connectivity index (χ1v) is 6.49. The fourth-order valence-electron chi connectivity index (χ4n) is 0. The van der Waals surface area contributed by atoms with E-state index in [-0.39, 0.29) is 0 Å². The Hall–Kier alpha value is -1.57. The molecule has 7 heteroatoms. The molecule has 0 rings (SSSR count). The molecule has 0 spiro atoms. The molecular formula is C13H18O6Sn. The standard InChI is InChI=1S/C4H9.3C3H4O2.Sn/c1-4(2)3;3*1-2-3(4)5;/h1-3H3;3*2H,1H2,(H,4,5);/q;;;;+3/p-3. The summed E-state index contributed by atoms with van der Waals surface area (Å²) in [5.74, 6) is -3.69. The van der Waals surface area contributed by atoms with Crippen molar-refractivity contribution in [3.63, 3.8) is 0 Å². The van der Waals surface area contributed by atoms with Crippen LogP contribution in [-0.2, 0) is 14.4 Å². The summed E-state index contributed by atoms with van der Waals surface area (Å²) >= 11 is 1.62. The molecule has 0 aliphatic heterocycles. The van der Waals surface area contributed by atoms with Gasteiger partial charge in [-0.2, -0.15) is 0 Å². The summed E-state index contributed by atoms with van der Waals surface area (Å²) in [6, 6.07) is 0. The minimum absolute atomic E-state index is 0.590. The van der Waals surface area contributed by atoms with Crippen molar-refractivity contribution in [2.45, 2.75) is 24.2 Å². The van der Waals surface area contributed by atoms with Crippen LogP contribution in [0.1, 0.15) is 20.8 Å². The Morgan fingerprint density at radius 2 is 0.850 bits per heavy atom. The van der Waals surface area contributed by atoms with Gasteiger partial charge in [0.05, 0.1) is 17.9 Å².